The number of hydrogen-bond acceptors (Lipinski definition) is 5. The molecule has 38 heavy (non-hydrogen) atoms. The van der Waals surface area contributed by atoms with Gasteiger partial charge in [-0.1, -0.05) is 6.07 Å². The summed E-state index contributed by atoms with van der Waals surface area (Å²) in [6, 6.07) is 13.6. The number of fused-ring (bicyclic) bond motifs is 5. The Hall–Kier alpha value is -3.84. The summed E-state index contributed by atoms with van der Waals surface area (Å²) in [7, 11) is 4.13. The van der Waals surface area contributed by atoms with Gasteiger partial charge in [-0.15, -0.1) is 0 Å². The molecule has 3 aromatic heterocycles. The van der Waals surface area contributed by atoms with Crippen LogP contribution in [0.25, 0.3) is 44.0 Å². The molecule has 0 bridgehead atoms. The van der Waals surface area contributed by atoms with Gasteiger partial charge >= 0.3 is 0 Å². The van der Waals surface area contributed by atoms with E-state index in [0.29, 0.717) is 17.6 Å². The SMILES string of the molecule is Cc1c[nH]c2nc(-c3ccc(O)cc3)c3c(=O)n(CCCN(C)C)c4cc(N5CCCCC5)ccc4c3c12. The minimum atomic E-state index is -0.0138. The molecule has 0 unspecified atom stereocenters. The molecule has 0 aliphatic carbocycles. The Bertz CT molecular complexity index is 1690. The molecule has 0 radical (unpaired) electrons. The Balaban J connectivity index is 1.70. The van der Waals surface area contributed by atoms with Crippen LogP contribution in [0.2, 0.25) is 0 Å². The molecule has 2 aromatic carbocycles. The number of aromatic hydroxyl groups is 1. The van der Waals surface area contributed by atoms with E-state index in [1.54, 1.807) is 12.1 Å². The number of pyridine rings is 2. The number of H-pyrrole nitrogens is 1. The van der Waals surface area contributed by atoms with E-state index in [0.717, 1.165) is 64.5 Å². The Labute approximate surface area is 222 Å². The van der Waals surface area contributed by atoms with E-state index in [4.69, 9.17) is 4.98 Å². The van der Waals surface area contributed by atoms with Gasteiger partial charge in [-0.3, -0.25) is 4.79 Å². The highest BCUT2D eigenvalue weighted by Gasteiger charge is 2.22. The van der Waals surface area contributed by atoms with Gasteiger partial charge in [-0.2, -0.15) is 0 Å². The van der Waals surface area contributed by atoms with E-state index in [1.807, 2.05) is 22.9 Å². The number of phenols is 1. The fourth-order valence-electron chi connectivity index (χ4n) is 5.94. The first kappa shape index (κ1) is 24.5. The summed E-state index contributed by atoms with van der Waals surface area (Å²) >= 11 is 0. The van der Waals surface area contributed by atoms with Crippen molar-refractivity contribution in [1.82, 2.24) is 19.4 Å². The topological polar surface area (TPSA) is 77.4 Å². The van der Waals surface area contributed by atoms with Crippen LogP contribution in [-0.2, 0) is 6.54 Å². The lowest BCUT2D eigenvalue weighted by molar-refractivity contribution is 0.387. The summed E-state index contributed by atoms with van der Waals surface area (Å²) in [5.41, 5.74) is 5.44. The van der Waals surface area contributed by atoms with Gasteiger partial charge in [0, 0.05) is 53.2 Å². The summed E-state index contributed by atoms with van der Waals surface area (Å²) in [4.78, 5) is 27.4. The zero-order chi connectivity index (χ0) is 26.4. The minimum absolute atomic E-state index is 0.0138. The van der Waals surface area contributed by atoms with E-state index in [1.165, 1.54) is 24.9 Å². The second kappa shape index (κ2) is 9.80. The van der Waals surface area contributed by atoms with E-state index < -0.39 is 0 Å². The summed E-state index contributed by atoms with van der Waals surface area (Å²) in [6.45, 7) is 5.71. The maximum Gasteiger partial charge on any atom is 0.261 e. The van der Waals surface area contributed by atoms with Crippen LogP contribution in [0.1, 0.15) is 31.2 Å². The van der Waals surface area contributed by atoms with Gasteiger partial charge in [0.2, 0.25) is 0 Å². The third-order valence-electron chi connectivity index (χ3n) is 7.87. The first-order valence-corrected chi connectivity index (χ1v) is 13.6. The first-order valence-electron chi connectivity index (χ1n) is 13.6. The molecule has 196 valence electrons. The minimum Gasteiger partial charge on any atom is -0.508 e. The molecule has 1 fully saturated rings. The number of aromatic amines is 1. The van der Waals surface area contributed by atoms with Crippen LogP contribution in [0.5, 0.6) is 5.75 Å². The summed E-state index contributed by atoms with van der Waals surface area (Å²) < 4.78 is 1.97. The first-order chi connectivity index (χ1) is 18.4. The Kier molecular flexibility index (Phi) is 6.32. The molecule has 6 rings (SSSR count). The van der Waals surface area contributed by atoms with Crippen molar-refractivity contribution in [2.24, 2.45) is 0 Å². The maximum atomic E-state index is 14.5. The fourth-order valence-corrected chi connectivity index (χ4v) is 5.94. The smallest absolute Gasteiger partial charge is 0.261 e. The highest BCUT2D eigenvalue weighted by atomic mass is 16.3. The number of nitrogens with zero attached hydrogens (tertiary/aromatic N) is 4. The predicted molar refractivity (Wildman–Crippen MR) is 156 cm³/mol. The molecule has 0 spiro atoms. The van der Waals surface area contributed by atoms with Crippen molar-refractivity contribution in [3.8, 4) is 17.0 Å². The zero-order valence-electron chi connectivity index (χ0n) is 22.4. The van der Waals surface area contributed by atoms with Crippen LogP contribution >= 0.6 is 0 Å². The molecular formula is C31H35N5O2. The van der Waals surface area contributed by atoms with Gasteiger partial charge in [0.05, 0.1) is 16.6 Å². The number of phenolic OH excluding ortho intramolecular Hbond substituents is 1. The van der Waals surface area contributed by atoms with Crippen LogP contribution in [0.3, 0.4) is 0 Å². The van der Waals surface area contributed by atoms with Crippen LogP contribution in [-0.4, -0.2) is 58.3 Å². The summed E-state index contributed by atoms with van der Waals surface area (Å²) in [5, 5.41) is 13.6. The number of aryl methyl sites for hydroxylation is 2. The van der Waals surface area contributed by atoms with Crippen LogP contribution < -0.4 is 10.5 Å². The van der Waals surface area contributed by atoms with Crippen molar-refractivity contribution in [3.05, 3.63) is 64.6 Å². The number of anilines is 1. The average molecular weight is 510 g/mol. The molecule has 4 heterocycles. The van der Waals surface area contributed by atoms with Gasteiger partial charge in [-0.05, 0) is 95.2 Å². The number of aromatic nitrogens is 3. The Morgan fingerprint density at radius 1 is 1.00 bits per heavy atom. The Morgan fingerprint density at radius 2 is 1.76 bits per heavy atom. The normalized spacial score (nSPS) is 14.4. The number of nitrogens with one attached hydrogen (secondary N) is 1. The molecule has 7 heteroatoms. The molecular weight excluding hydrogens is 474 g/mol. The van der Waals surface area contributed by atoms with Gasteiger partial charge in [0.25, 0.3) is 5.56 Å². The molecule has 0 atom stereocenters. The molecule has 1 aliphatic rings. The number of benzene rings is 2. The quantitative estimate of drug-likeness (QED) is 0.289. The monoisotopic (exact) mass is 509 g/mol. The highest BCUT2D eigenvalue weighted by molar-refractivity contribution is 6.22. The summed E-state index contributed by atoms with van der Waals surface area (Å²) in [6.07, 6.45) is 6.53. The van der Waals surface area contributed by atoms with Crippen molar-refractivity contribution < 1.29 is 5.11 Å². The lowest BCUT2D eigenvalue weighted by Crippen LogP contribution is -2.29. The predicted octanol–water partition coefficient (Wildman–Crippen LogP) is 5.65. The van der Waals surface area contributed by atoms with E-state index >= 15 is 0 Å². The highest BCUT2D eigenvalue weighted by Crippen LogP contribution is 2.38. The largest absolute Gasteiger partial charge is 0.508 e. The number of piperidine rings is 1. The maximum absolute atomic E-state index is 14.5. The van der Waals surface area contributed by atoms with Crippen molar-refractivity contribution in [1.29, 1.82) is 0 Å². The van der Waals surface area contributed by atoms with Crippen LogP contribution in [0, 0.1) is 6.92 Å². The van der Waals surface area contributed by atoms with Gasteiger partial charge < -0.3 is 24.5 Å². The van der Waals surface area contributed by atoms with Crippen molar-refractivity contribution in [2.45, 2.75) is 39.2 Å². The zero-order valence-corrected chi connectivity index (χ0v) is 22.4. The average Bonchev–Trinajstić information content (AvgIpc) is 3.30. The van der Waals surface area contributed by atoms with E-state index in [-0.39, 0.29) is 11.3 Å². The molecule has 7 nitrogen and oxygen atoms in total. The molecule has 1 saturated heterocycles. The molecule has 5 aromatic rings. The fraction of sp³-hybridized carbons (Fsp3) is 0.355. The molecule has 0 saturated carbocycles. The molecule has 1 aliphatic heterocycles. The van der Waals surface area contributed by atoms with Crippen molar-refractivity contribution in [3.63, 3.8) is 0 Å². The standard InChI is InChI=1S/C31H35N5O2/c1-20-19-32-30-26(20)27-24-13-10-22(35-15-5-4-6-16-35)18-25(24)36(17-7-14-34(2)3)31(38)28(27)29(33-30)21-8-11-23(37)12-9-21/h8-13,18-19,37H,4-7,14-17H2,1-3H3,(H,32,33). The van der Waals surface area contributed by atoms with E-state index in [9.17, 15) is 9.90 Å². The van der Waals surface area contributed by atoms with Crippen molar-refractivity contribution >= 4 is 38.4 Å². The lowest BCUT2D eigenvalue weighted by atomic mass is 9.97. The molecule has 0 amide bonds. The Morgan fingerprint density at radius 3 is 2.50 bits per heavy atom. The van der Waals surface area contributed by atoms with Gasteiger partial charge in [-0.25, -0.2) is 4.98 Å². The van der Waals surface area contributed by atoms with Crippen molar-refractivity contribution in [2.75, 3.05) is 38.6 Å². The van der Waals surface area contributed by atoms with Gasteiger partial charge in [0.1, 0.15) is 11.4 Å². The second-order valence-corrected chi connectivity index (χ2v) is 10.8. The van der Waals surface area contributed by atoms with Crippen LogP contribution in [0.15, 0.2) is 53.5 Å². The van der Waals surface area contributed by atoms with E-state index in [2.05, 4.69) is 54.0 Å². The number of hydrogen-bond donors (Lipinski definition) is 2. The molecule has 2 N–H and O–H groups in total. The summed E-state index contributed by atoms with van der Waals surface area (Å²) in [5.74, 6) is 0.187. The second-order valence-electron chi connectivity index (χ2n) is 10.8. The van der Waals surface area contributed by atoms with Crippen LogP contribution in [0.4, 0.5) is 5.69 Å². The third kappa shape index (κ3) is 4.21. The lowest BCUT2D eigenvalue weighted by Gasteiger charge is -2.29. The van der Waals surface area contributed by atoms with Gasteiger partial charge in [0.15, 0.2) is 0 Å². The third-order valence-corrected chi connectivity index (χ3v) is 7.87. The number of rotatable bonds is 6.